The Labute approximate surface area is 196 Å². The van der Waals surface area contributed by atoms with Gasteiger partial charge in [-0.3, -0.25) is 4.99 Å². The van der Waals surface area contributed by atoms with Gasteiger partial charge in [0.15, 0.2) is 21.0 Å². The number of aliphatic imine (C=N–C) groups is 1. The maximum atomic E-state index is 12.2. The number of halogens is 1. The van der Waals surface area contributed by atoms with Crippen molar-refractivity contribution in [2.75, 3.05) is 38.7 Å². The standard InChI is InChI=1S/C18H34N6O2S2.HI/c1-14(2)12-24-15(21-22-17(24)27-6)8-7-9-20-16(19-5)23-10-11-28(25,26)18(3,4)13-23;/h14H,7-13H2,1-6H3,(H,19,20);1H. The first-order chi connectivity index (χ1) is 13.1. The average molecular weight is 559 g/mol. The number of guanidine groups is 1. The summed E-state index contributed by atoms with van der Waals surface area (Å²) in [7, 11) is -1.32. The molecule has 11 heteroatoms. The topological polar surface area (TPSA) is 92.5 Å². The third-order valence-electron chi connectivity index (χ3n) is 4.94. The molecule has 2 heterocycles. The molecule has 0 radical (unpaired) electrons. The van der Waals surface area contributed by atoms with Crippen molar-refractivity contribution >= 4 is 51.5 Å². The van der Waals surface area contributed by atoms with Crippen molar-refractivity contribution in [3.8, 4) is 0 Å². The van der Waals surface area contributed by atoms with Crippen LogP contribution in [0.2, 0.25) is 0 Å². The molecule has 1 aromatic rings. The molecule has 1 aliphatic rings. The van der Waals surface area contributed by atoms with E-state index >= 15 is 0 Å². The van der Waals surface area contributed by atoms with Crippen molar-refractivity contribution in [1.82, 2.24) is 25.0 Å². The summed E-state index contributed by atoms with van der Waals surface area (Å²) in [5.74, 6) is 2.48. The number of thioether (sulfide) groups is 1. The van der Waals surface area contributed by atoms with Crippen LogP contribution >= 0.6 is 35.7 Å². The summed E-state index contributed by atoms with van der Waals surface area (Å²) < 4.78 is 25.9. The minimum Gasteiger partial charge on any atom is -0.356 e. The van der Waals surface area contributed by atoms with E-state index in [2.05, 4.69) is 38.9 Å². The van der Waals surface area contributed by atoms with E-state index in [4.69, 9.17) is 0 Å². The summed E-state index contributed by atoms with van der Waals surface area (Å²) in [5.41, 5.74) is 0. The highest BCUT2D eigenvalue weighted by Gasteiger charge is 2.40. The van der Waals surface area contributed by atoms with Crippen LogP contribution in [0, 0.1) is 5.92 Å². The van der Waals surface area contributed by atoms with Crippen molar-refractivity contribution in [2.45, 2.75) is 57.0 Å². The van der Waals surface area contributed by atoms with Gasteiger partial charge in [0.2, 0.25) is 0 Å². The minimum atomic E-state index is -3.06. The quantitative estimate of drug-likeness (QED) is 0.181. The molecular weight excluding hydrogens is 523 g/mol. The monoisotopic (exact) mass is 558 g/mol. The highest BCUT2D eigenvalue weighted by Crippen LogP contribution is 2.23. The zero-order chi connectivity index (χ0) is 20.9. The molecular formula is C18H35IN6O2S2. The van der Waals surface area contributed by atoms with E-state index in [9.17, 15) is 8.42 Å². The van der Waals surface area contributed by atoms with Crippen LogP contribution in [0.5, 0.6) is 0 Å². The van der Waals surface area contributed by atoms with Gasteiger partial charge in [0, 0.05) is 39.6 Å². The van der Waals surface area contributed by atoms with Gasteiger partial charge in [-0.05, 0) is 32.4 Å². The fourth-order valence-corrected chi connectivity index (χ4v) is 5.20. The van der Waals surface area contributed by atoms with Crippen LogP contribution in [0.3, 0.4) is 0 Å². The molecule has 0 aromatic carbocycles. The van der Waals surface area contributed by atoms with Crippen molar-refractivity contribution in [3.05, 3.63) is 5.82 Å². The summed E-state index contributed by atoms with van der Waals surface area (Å²) in [4.78, 5) is 6.38. The summed E-state index contributed by atoms with van der Waals surface area (Å²) >= 11 is 1.62. The SMILES string of the molecule is CN=C(NCCCc1nnc(SC)n1CC(C)C)N1CCS(=O)(=O)C(C)(C)C1.I. The Morgan fingerprint density at radius 3 is 2.59 bits per heavy atom. The summed E-state index contributed by atoms with van der Waals surface area (Å²) in [6, 6.07) is 0. The summed E-state index contributed by atoms with van der Waals surface area (Å²) in [6.45, 7) is 10.6. The highest BCUT2D eigenvalue weighted by atomic mass is 127. The lowest BCUT2D eigenvalue weighted by Gasteiger charge is -2.39. The third kappa shape index (κ3) is 6.71. The molecule has 0 aliphatic carbocycles. The van der Waals surface area contributed by atoms with E-state index in [1.165, 1.54) is 0 Å². The van der Waals surface area contributed by atoms with Crippen LogP contribution in [0.25, 0.3) is 0 Å². The molecule has 1 aliphatic heterocycles. The van der Waals surface area contributed by atoms with Crippen LogP contribution in [0.15, 0.2) is 10.1 Å². The van der Waals surface area contributed by atoms with E-state index in [1.807, 2.05) is 11.2 Å². The first kappa shape index (κ1) is 26.5. The molecule has 168 valence electrons. The second kappa shape index (κ2) is 11.2. The molecule has 29 heavy (non-hydrogen) atoms. The zero-order valence-electron chi connectivity index (χ0n) is 18.3. The van der Waals surface area contributed by atoms with E-state index in [1.54, 1.807) is 32.7 Å². The second-order valence-corrected chi connectivity index (χ2v) is 11.7. The van der Waals surface area contributed by atoms with E-state index < -0.39 is 14.6 Å². The number of nitrogens with one attached hydrogen (secondary N) is 1. The molecule has 1 fully saturated rings. The van der Waals surface area contributed by atoms with Gasteiger partial charge < -0.3 is 14.8 Å². The maximum Gasteiger partial charge on any atom is 0.193 e. The Morgan fingerprint density at radius 2 is 2.03 bits per heavy atom. The number of rotatable bonds is 7. The average Bonchev–Trinajstić information content (AvgIpc) is 2.99. The predicted octanol–water partition coefficient (Wildman–Crippen LogP) is 2.29. The van der Waals surface area contributed by atoms with Gasteiger partial charge in [-0.15, -0.1) is 34.2 Å². The largest absolute Gasteiger partial charge is 0.356 e. The number of aromatic nitrogens is 3. The Bertz CT molecular complexity index is 792. The maximum absolute atomic E-state index is 12.2. The molecule has 2 rings (SSSR count). The summed E-state index contributed by atoms with van der Waals surface area (Å²) in [5, 5.41) is 13.0. The van der Waals surface area contributed by atoms with Crippen LogP contribution in [0.1, 0.15) is 39.9 Å². The van der Waals surface area contributed by atoms with Crippen molar-refractivity contribution < 1.29 is 8.42 Å². The van der Waals surface area contributed by atoms with Gasteiger partial charge in [-0.1, -0.05) is 25.6 Å². The minimum absolute atomic E-state index is 0. The van der Waals surface area contributed by atoms with E-state index in [0.717, 1.165) is 42.9 Å². The Morgan fingerprint density at radius 1 is 1.34 bits per heavy atom. The Hall–Kier alpha value is -0.560. The van der Waals surface area contributed by atoms with Crippen molar-refractivity contribution in [1.29, 1.82) is 0 Å². The smallest absolute Gasteiger partial charge is 0.193 e. The second-order valence-electron chi connectivity index (χ2n) is 8.19. The Balaban J connectivity index is 0.00000420. The fraction of sp³-hybridized carbons (Fsp3) is 0.833. The molecule has 0 amide bonds. The molecule has 8 nitrogen and oxygen atoms in total. The first-order valence-corrected chi connectivity index (χ1v) is 12.6. The predicted molar refractivity (Wildman–Crippen MR) is 131 cm³/mol. The number of hydrogen-bond donors (Lipinski definition) is 1. The molecule has 1 saturated heterocycles. The number of nitrogens with zero attached hydrogens (tertiary/aromatic N) is 5. The molecule has 1 N–H and O–H groups in total. The molecule has 0 spiro atoms. The lowest BCUT2D eigenvalue weighted by Crippen LogP contribution is -2.57. The van der Waals surface area contributed by atoms with Crippen LogP contribution in [-0.2, 0) is 22.8 Å². The lowest BCUT2D eigenvalue weighted by atomic mass is 10.2. The normalized spacial score (nSPS) is 18.6. The van der Waals surface area contributed by atoms with E-state index in [-0.39, 0.29) is 29.7 Å². The molecule has 0 atom stereocenters. The van der Waals surface area contributed by atoms with Crippen molar-refractivity contribution in [2.24, 2.45) is 10.9 Å². The lowest BCUT2D eigenvalue weighted by molar-refractivity contribution is 0.353. The van der Waals surface area contributed by atoms with Gasteiger partial charge in [0.25, 0.3) is 0 Å². The fourth-order valence-electron chi connectivity index (χ4n) is 3.31. The third-order valence-corrected chi connectivity index (χ3v) is 8.14. The number of hydrogen-bond acceptors (Lipinski definition) is 6. The number of aryl methyl sites for hydroxylation is 1. The summed E-state index contributed by atoms with van der Waals surface area (Å²) in [6.07, 6.45) is 3.76. The van der Waals surface area contributed by atoms with E-state index in [0.29, 0.717) is 19.0 Å². The molecule has 0 saturated carbocycles. The van der Waals surface area contributed by atoms with Crippen LogP contribution in [0.4, 0.5) is 0 Å². The van der Waals surface area contributed by atoms with Gasteiger partial charge in [0.05, 0.1) is 10.5 Å². The first-order valence-electron chi connectivity index (χ1n) is 9.75. The van der Waals surface area contributed by atoms with Crippen LogP contribution in [-0.4, -0.2) is 77.5 Å². The highest BCUT2D eigenvalue weighted by molar-refractivity contribution is 14.0. The van der Waals surface area contributed by atoms with Gasteiger partial charge in [0.1, 0.15) is 5.82 Å². The van der Waals surface area contributed by atoms with Crippen LogP contribution < -0.4 is 5.32 Å². The van der Waals surface area contributed by atoms with Gasteiger partial charge in [-0.2, -0.15) is 0 Å². The number of sulfone groups is 1. The van der Waals surface area contributed by atoms with Gasteiger partial charge in [-0.25, -0.2) is 8.42 Å². The Kier molecular flexibility index (Phi) is 10.2. The van der Waals surface area contributed by atoms with Gasteiger partial charge >= 0.3 is 0 Å². The zero-order valence-corrected chi connectivity index (χ0v) is 22.3. The van der Waals surface area contributed by atoms with Crippen molar-refractivity contribution in [3.63, 3.8) is 0 Å². The molecule has 0 unspecified atom stereocenters. The molecule has 1 aromatic heterocycles. The molecule has 0 bridgehead atoms.